The number of aryl methyl sites for hydroxylation is 3. The van der Waals surface area contributed by atoms with E-state index in [4.69, 9.17) is 24.7 Å². The number of halogens is 4. The summed E-state index contributed by atoms with van der Waals surface area (Å²) in [7, 11) is 0. The van der Waals surface area contributed by atoms with Crippen LogP contribution < -0.4 is 11.5 Å². The van der Waals surface area contributed by atoms with Crippen LogP contribution in [0.15, 0.2) is 186 Å². The molecule has 0 aliphatic rings. The Bertz CT molecular complexity index is 4730. The molecule has 9 aromatic carbocycles. The van der Waals surface area contributed by atoms with Gasteiger partial charge in [-0.05, 0) is 186 Å². The summed E-state index contributed by atoms with van der Waals surface area (Å²) >= 11 is 10.6. The number of carbonyl (C=O) groups excluding carboxylic acids is 6. The monoisotopic (exact) mass is 1810 g/mol. The maximum Gasteiger partial charge on any atom is 0.197 e. The molecule has 0 saturated heterocycles. The van der Waals surface area contributed by atoms with Gasteiger partial charge in [-0.1, -0.05) is 150 Å². The van der Waals surface area contributed by atoms with E-state index in [1.54, 1.807) is 42.5 Å². The van der Waals surface area contributed by atoms with Crippen LogP contribution in [0.25, 0.3) is 32.9 Å². The molecule has 0 bridgehead atoms. The van der Waals surface area contributed by atoms with Crippen molar-refractivity contribution in [1.29, 1.82) is 0 Å². The molecule has 0 unspecified atom stereocenters. The van der Waals surface area contributed by atoms with Gasteiger partial charge in [-0.3, -0.25) is 28.8 Å². The second kappa shape index (κ2) is 37.5. The number of hydrogen-bond donors (Lipinski definition) is 8. The number of rotatable bonds is 30. The number of ketones is 6. The van der Waals surface area contributed by atoms with Crippen LogP contribution in [0.4, 0.5) is 11.4 Å². The number of carbonyl (C=O) groups is 6. The van der Waals surface area contributed by atoms with Gasteiger partial charge in [0.25, 0.3) is 0 Å². The zero-order valence-electron chi connectivity index (χ0n) is 59.8. The quantitative estimate of drug-likeness (QED) is 0.00682. The summed E-state index contributed by atoms with van der Waals surface area (Å²) in [6.45, 7) is 6.30. The molecular weight excluding hydrogens is 1730 g/mol. The molecule has 558 valence electrons. The molecule has 0 aliphatic carbocycles. The maximum absolute atomic E-state index is 13.7. The summed E-state index contributed by atoms with van der Waals surface area (Å²) in [6, 6.07) is 47.1. The average Bonchev–Trinajstić information content (AvgIpc) is 1.61. The van der Waals surface area contributed by atoms with Gasteiger partial charge in [0.1, 0.15) is 80.1 Å². The Kier molecular flexibility index (Phi) is 28.1. The minimum atomic E-state index is -0.369. The normalized spacial score (nSPS) is 11.2. The van der Waals surface area contributed by atoms with Crippen LogP contribution in [0.1, 0.15) is 177 Å². The number of nitrogen functional groups attached to an aromatic ring is 2. The topological polar surface area (TPSA) is 315 Å². The summed E-state index contributed by atoms with van der Waals surface area (Å²) in [6.07, 6.45) is 11.3. The Balaban J connectivity index is 0.000000173. The van der Waals surface area contributed by atoms with Gasteiger partial charge in [0.2, 0.25) is 0 Å². The number of fused-ring (bicyclic) bond motifs is 3. The lowest BCUT2D eigenvalue weighted by atomic mass is 9.95. The summed E-state index contributed by atoms with van der Waals surface area (Å²) in [5.74, 6) is 0.407. The van der Waals surface area contributed by atoms with Gasteiger partial charge in [0.05, 0.1) is 44.2 Å². The smallest absolute Gasteiger partial charge is 0.197 e. The standard InChI is InChI=1S/C29H26Br2O5.C29H26I2O5.C29H30N2O5/c3*1-2-3-5-10-25-27(28(34)19-13-22(30)29(35)23(31)14-19)21-16-24(33)18(15-26(21)36-25)12-20(32)11-17-8-6-4-7-9-17/h2*4,6-9,13-16,33,35H,2-3,5,10-12H2,1H3;4,6-9,13-16,33,35H,2-3,5,10-12,30-31H2,1H3. The van der Waals surface area contributed by atoms with Crippen molar-refractivity contribution in [3.05, 3.63) is 264 Å². The number of phenols is 6. The van der Waals surface area contributed by atoms with Crippen LogP contribution in [-0.2, 0) is 72.2 Å². The van der Waals surface area contributed by atoms with Crippen LogP contribution in [0, 0.1) is 7.14 Å². The molecular formula is C87H82Br2I2N2O15. The molecule has 0 fully saturated rings. The first-order valence-corrected chi connectivity index (χ1v) is 39.5. The third kappa shape index (κ3) is 20.0. The highest BCUT2D eigenvalue weighted by atomic mass is 127. The summed E-state index contributed by atoms with van der Waals surface area (Å²) in [4.78, 5) is 78.9. The number of unbranched alkanes of at least 4 members (excludes halogenated alkanes) is 6. The molecule has 0 atom stereocenters. The van der Waals surface area contributed by atoms with Crippen molar-refractivity contribution in [2.24, 2.45) is 0 Å². The fourth-order valence-corrected chi connectivity index (χ4v) is 15.9. The molecule has 21 heteroatoms. The second-order valence-corrected chi connectivity index (χ2v) is 30.7. The number of phenolic OH excluding ortho intramolecular Hbond substituents is 6. The van der Waals surface area contributed by atoms with Crippen molar-refractivity contribution in [3.63, 3.8) is 0 Å². The number of nitrogens with two attached hydrogens (primary N) is 2. The number of hydrogen-bond acceptors (Lipinski definition) is 17. The van der Waals surface area contributed by atoms with Crippen molar-refractivity contribution in [2.75, 3.05) is 11.5 Å². The first-order valence-electron chi connectivity index (χ1n) is 35.7. The SMILES string of the molecule is CCCCCc1oc2cc(CC(=O)Cc3ccccc3)c(O)cc2c1C(=O)c1cc(Br)c(O)c(Br)c1.CCCCCc1oc2cc(CC(=O)Cc3ccccc3)c(O)cc2c1C(=O)c1cc(I)c(O)c(I)c1.CCCCCc1oc2cc(CC(=O)Cc3ccccc3)c(O)cc2c1C(=O)c1cc(N)c(O)c(N)c1. The first kappa shape index (κ1) is 81.0. The van der Waals surface area contributed by atoms with Crippen LogP contribution in [-0.4, -0.2) is 65.3 Å². The second-order valence-electron chi connectivity index (χ2n) is 26.7. The molecule has 17 nitrogen and oxygen atoms in total. The fraction of sp³-hybridized carbons (Fsp3) is 0.241. The van der Waals surface area contributed by atoms with E-state index in [2.05, 4.69) is 52.6 Å². The van der Waals surface area contributed by atoms with Crippen molar-refractivity contribution in [3.8, 4) is 34.5 Å². The van der Waals surface area contributed by atoms with E-state index in [1.807, 2.05) is 136 Å². The Morgan fingerprint density at radius 3 is 0.944 bits per heavy atom. The lowest BCUT2D eigenvalue weighted by Gasteiger charge is -2.08. The number of anilines is 2. The lowest BCUT2D eigenvalue weighted by Crippen LogP contribution is -2.07. The number of aromatic hydroxyl groups is 6. The van der Waals surface area contributed by atoms with Gasteiger partial charge in [-0.25, -0.2) is 0 Å². The van der Waals surface area contributed by atoms with E-state index in [1.165, 1.54) is 30.3 Å². The minimum absolute atomic E-state index is 0.000690. The van der Waals surface area contributed by atoms with Gasteiger partial charge < -0.3 is 55.4 Å². The number of benzene rings is 9. The predicted molar refractivity (Wildman–Crippen MR) is 444 cm³/mol. The molecule has 3 aromatic heterocycles. The van der Waals surface area contributed by atoms with E-state index >= 15 is 0 Å². The Labute approximate surface area is 669 Å². The highest BCUT2D eigenvalue weighted by Gasteiger charge is 2.29. The summed E-state index contributed by atoms with van der Waals surface area (Å²) in [5, 5.41) is 64.0. The van der Waals surface area contributed by atoms with E-state index in [-0.39, 0.29) is 125 Å². The maximum atomic E-state index is 13.7. The van der Waals surface area contributed by atoms with Crippen molar-refractivity contribution in [1.82, 2.24) is 0 Å². The zero-order chi connectivity index (χ0) is 77.5. The largest absolute Gasteiger partial charge is 0.508 e. The molecule has 3 heterocycles. The van der Waals surface area contributed by atoms with Crippen LogP contribution in [0.2, 0.25) is 0 Å². The highest BCUT2D eigenvalue weighted by Crippen LogP contribution is 2.42. The third-order valence-electron chi connectivity index (χ3n) is 18.5. The van der Waals surface area contributed by atoms with Crippen molar-refractivity contribution < 1.29 is 72.7 Å². The van der Waals surface area contributed by atoms with E-state index in [9.17, 15) is 59.4 Å². The lowest BCUT2D eigenvalue weighted by molar-refractivity contribution is -0.118. The van der Waals surface area contributed by atoms with Gasteiger partial charge in [0, 0.05) is 107 Å². The van der Waals surface area contributed by atoms with Crippen molar-refractivity contribution >= 4 is 156 Å². The summed E-state index contributed by atoms with van der Waals surface area (Å²) < 4.78 is 20.4. The van der Waals surface area contributed by atoms with Gasteiger partial charge in [-0.2, -0.15) is 0 Å². The molecule has 108 heavy (non-hydrogen) atoms. The molecule has 12 rings (SSSR count). The highest BCUT2D eigenvalue weighted by molar-refractivity contribution is 14.1. The Morgan fingerprint density at radius 2 is 0.648 bits per heavy atom. The minimum Gasteiger partial charge on any atom is -0.508 e. The van der Waals surface area contributed by atoms with Crippen LogP contribution in [0.5, 0.6) is 34.5 Å². The van der Waals surface area contributed by atoms with E-state index in [0.717, 1.165) is 74.5 Å². The molecule has 0 saturated carbocycles. The first-order chi connectivity index (χ1) is 51.8. The molecule has 0 radical (unpaired) electrons. The predicted octanol–water partition coefficient (Wildman–Crippen LogP) is 20.4. The molecule has 12 aromatic rings. The van der Waals surface area contributed by atoms with Gasteiger partial charge in [-0.15, -0.1) is 0 Å². The van der Waals surface area contributed by atoms with Crippen molar-refractivity contribution in [2.45, 2.75) is 136 Å². The third-order valence-corrected chi connectivity index (χ3v) is 21.3. The van der Waals surface area contributed by atoms with Crippen LogP contribution in [0.3, 0.4) is 0 Å². The van der Waals surface area contributed by atoms with Gasteiger partial charge in [0.15, 0.2) is 23.1 Å². The van der Waals surface area contributed by atoms with E-state index < -0.39 is 0 Å². The van der Waals surface area contributed by atoms with E-state index in [0.29, 0.717) is 130 Å². The van der Waals surface area contributed by atoms with Gasteiger partial charge >= 0.3 is 0 Å². The fourth-order valence-electron chi connectivity index (χ4n) is 12.9. The molecule has 0 spiro atoms. The Morgan fingerprint density at radius 1 is 0.361 bits per heavy atom. The Hall–Kier alpha value is -9.56. The zero-order valence-corrected chi connectivity index (χ0v) is 67.3. The average molecular weight is 1810 g/mol. The number of Topliss-reactive ketones (excluding diaryl/α,β-unsaturated/α-hetero) is 3. The summed E-state index contributed by atoms with van der Waals surface area (Å²) in [5.41, 5.74) is 19.3. The number of furan rings is 3. The molecule has 10 N–H and O–H groups in total. The van der Waals surface area contributed by atoms with Crippen LogP contribution >= 0.6 is 77.0 Å². The molecule has 0 amide bonds. The molecule has 0 aliphatic heterocycles.